The van der Waals surface area contributed by atoms with Gasteiger partial charge >= 0.3 is 0 Å². The van der Waals surface area contributed by atoms with E-state index in [1.807, 2.05) is 47.0 Å². The van der Waals surface area contributed by atoms with Gasteiger partial charge in [0.25, 0.3) is 0 Å². The number of hydrogen-bond acceptors (Lipinski definition) is 6. The first-order valence-corrected chi connectivity index (χ1v) is 14.1. The first-order valence-electron chi connectivity index (χ1n) is 12.5. The van der Waals surface area contributed by atoms with Crippen molar-refractivity contribution in [1.29, 1.82) is 5.26 Å². The number of rotatable bonds is 11. The molecule has 0 aliphatic rings. The Morgan fingerprint density at radius 3 is 2.64 bits per heavy atom. The van der Waals surface area contributed by atoms with Crippen LogP contribution in [0.4, 0.5) is 4.39 Å². The first kappa shape index (κ1) is 26.8. The summed E-state index contributed by atoms with van der Waals surface area (Å²) in [4.78, 5) is 7.15. The van der Waals surface area contributed by atoms with Gasteiger partial charge in [0.2, 0.25) is 0 Å². The van der Waals surface area contributed by atoms with Crippen LogP contribution in [0.1, 0.15) is 28.2 Å². The number of fused-ring (bicyclic) bond motifs is 1. The highest BCUT2D eigenvalue weighted by molar-refractivity contribution is 7.98. The fourth-order valence-electron chi connectivity index (χ4n) is 4.29. The molecule has 9 heteroatoms. The lowest BCUT2D eigenvalue weighted by Gasteiger charge is -2.22. The van der Waals surface area contributed by atoms with Gasteiger partial charge in [-0.05, 0) is 42.0 Å². The number of nitrogens with zero attached hydrogens (tertiary/aromatic N) is 6. The highest BCUT2D eigenvalue weighted by atomic mass is 35.5. The first-order chi connectivity index (χ1) is 19.1. The molecule has 0 radical (unpaired) electrons. The monoisotopic (exact) mass is 556 g/mol. The van der Waals surface area contributed by atoms with Gasteiger partial charge in [-0.3, -0.25) is 9.88 Å². The van der Waals surface area contributed by atoms with Crippen LogP contribution in [0.2, 0.25) is 5.02 Å². The van der Waals surface area contributed by atoms with E-state index < -0.39 is 0 Å². The van der Waals surface area contributed by atoms with Gasteiger partial charge in [-0.25, -0.2) is 4.39 Å². The second-order valence-corrected chi connectivity index (χ2v) is 10.7. The number of aromatic nitrogens is 4. The maximum Gasteiger partial charge on any atom is 0.147 e. The molecule has 0 atom stereocenters. The Morgan fingerprint density at radius 2 is 1.82 bits per heavy atom. The average Bonchev–Trinajstić information content (AvgIpc) is 3.38. The average molecular weight is 557 g/mol. The lowest BCUT2D eigenvalue weighted by molar-refractivity contribution is 0.260. The van der Waals surface area contributed by atoms with Crippen molar-refractivity contribution in [1.82, 2.24) is 24.6 Å². The van der Waals surface area contributed by atoms with Gasteiger partial charge < -0.3 is 4.57 Å². The maximum atomic E-state index is 14.2. The van der Waals surface area contributed by atoms with E-state index in [9.17, 15) is 4.39 Å². The number of benzene rings is 3. The Bertz CT molecular complexity index is 1580. The van der Waals surface area contributed by atoms with E-state index in [2.05, 4.69) is 39.4 Å². The summed E-state index contributed by atoms with van der Waals surface area (Å²) in [7, 11) is 0. The minimum absolute atomic E-state index is 0.275. The molecule has 0 amide bonds. The molecule has 0 bridgehead atoms. The third-order valence-corrected chi connectivity index (χ3v) is 7.72. The molecule has 3 aromatic carbocycles. The van der Waals surface area contributed by atoms with Crippen LogP contribution in [-0.2, 0) is 25.4 Å². The molecule has 0 aliphatic carbocycles. The van der Waals surface area contributed by atoms with E-state index >= 15 is 0 Å². The smallest absolute Gasteiger partial charge is 0.147 e. The van der Waals surface area contributed by atoms with Crippen LogP contribution in [0, 0.1) is 17.1 Å². The summed E-state index contributed by atoms with van der Waals surface area (Å²) in [5.74, 6) is 1.84. The standard InChI is InChI=1S/C30H26ClFN6S/c31-27-5-3-6-28(32)26(27)20-39-15-14-37(18-25-13-12-24-4-1-2-7-29(24)35-25)19-30-36-34-21-38(30)17-23-10-8-22(16-33)9-11-23/h1-13,21H,14-15,17-20H2. The number of thioether (sulfide) groups is 1. The van der Waals surface area contributed by atoms with Crippen LogP contribution in [0.3, 0.4) is 0 Å². The molecule has 0 N–H and O–H groups in total. The van der Waals surface area contributed by atoms with Crippen LogP contribution in [-0.4, -0.2) is 36.9 Å². The molecule has 0 unspecified atom stereocenters. The zero-order valence-corrected chi connectivity index (χ0v) is 22.7. The third-order valence-electron chi connectivity index (χ3n) is 6.40. The SMILES string of the molecule is N#Cc1ccc(Cn2cnnc2CN(CCSCc2c(F)cccc2Cl)Cc2ccc3ccccc3n2)cc1. The van der Waals surface area contributed by atoms with E-state index in [1.54, 1.807) is 30.2 Å². The van der Waals surface area contributed by atoms with Gasteiger partial charge in [0.1, 0.15) is 18.0 Å². The summed E-state index contributed by atoms with van der Waals surface area (Å²) < 4.78 is 16.2. The second kappa shape index (κ2) is 12.9. The zero-order valence-electron chi connectivity index (χ0n) is 21.2. The topological polar surface area (TPSA) is 70.6 Å². The second-order valence-electron chi connectivity index (χ2n) is 9.14. The van der Waals surface area contributed by atoms with Crippen LogP contribution in [0.15, 0.2) is 85.2 Å². The summed E-state index contributed by atoms with van der Waals surface area (Å²) in [6.07, 6.45) is 1.73. The Balaban J connectivity index is 1.30. The fourth-order valence-corrected chi connectivity index (χ4v) is 5.63. The van der Waals surface area contributed by atoms with E-state index in [1.165, 1.54) is 6.07 Å². The summed E-state index contributed by atoms with van der Waals surface area (Å²) in [6, 6.07) is 26.7. The Morgan fingerprint density at radius 1 is 0.974 bits per heavy atom. The molecule has 5 rings (SSSR count). The molecule has 6 nitrogen and oxygen atoms in total. The van der Waals surface area contributed by atoms with Crippen molar-refractivity contribution in [2.75, 3.05) is 12.3 Å². The third kappa shape index (κ3) is 7.01. The van der Waals surface area contributed by atoms with Crippen molar-refractivity contribution in [3.05, 3.63) is 124 Å². The predicted molar refractivity (Wildman–Crippen MR) is 154 cm³/mol. The Kier molecular flexibility index (Phi) is 8.84. The molecule has 0 saturated carbocycles. The van der Waals surface area contributed by atoms with Crippen molar-refractivity contribution in [2.24, 2.45) is 0 Å². The lowest BCUT2D eigenvalue weighted by Crippen LogP contribution is -2.27. The number of pyridine rings is 1. The molecule has 5 aromatic rings. The van der Waals surface area contributed by atoms with Gasteiger partial charge in [-0.1, -0.05) is 54.1 Å². The largest absolute Gasteiger partial charge is 0.312 e. The predicted octanol–water partition coefficient (Wildman–Crippen LogP) is 6.47. The highest BCUT2D eigenvalue weighted by Crippen LogP contribution is 2.24. The molecule has 0 aliphatic heterocycles. The minimum Gasteiger partial charge on any atom is -0.312 e. The molecular weight excluding hydrogens is 531 g/mol. The molecular formula is C30H26ClFN6S. The Labute approximate surface area is 236 Å². The number of para-hydroxylation sites is 1. The van der Waals surface area contributed by atoms with Crippen molar-refractivity contribution >= 4 is 34.3 Å². The zero-order chi connectivity index (χ0) is 27.0. The van der Waals surface area contributed by atoms with Gasteiger partial charge in [0.15, 0.2) is 0 Å². The summed E-state index contributed by atoms with van der Waals surface area (Å²) in [6.45, 7) is 2.56. The molecule has 39 heavy (non-hydrogen) atoms. The normalized spacial score (nSPS) is 11.2. The van der Waals surface area contributed by atoms with E-state index in [0.717, 1.165) is 40.3 Å². The van der Waals surface area contributed by atoms with Crippen LogP contribution in [0.5, 0.6) is 0 Å². The molecule has 0 saturated heterocycles. The van der Waals surface area contributed by atoms with Gasteiger partial charge in [0, 0.05) is 40.6 Å². The molecule has 196 valence electrons. The lowest BCUT2D eigenvalue weighted by atomic mass is 10.1. The minimum atomic E-state index is -0.275. The highest BCUT2D eigenvalue weighted by Gasteiger charge is 2.14. The molecule has 0 spiro atoms. The maximum absolute atomic E-state index is 14.2. The molecule has 2 aromatic heterocycles. The number of nitriles is 1. The fraction of sp³-hybridized carbons (Fsp3) is 0.200. The molecule has 2 heterocycles. The van der Waals surface area contributed by atoms with Crippen LogP contribution >= 0.6 is 23.4 Å². The van der Waals surface area contributed by atoms with Crippen LogP contribution in [0.25, 0.3) is 10.9 Å². The van der Waals surface area contributed by atoms with E-state index in [-0.39, 0.29) is 5.82 Å². The molecule has 0 fully saturated rings. The summed E-state index contributed by atoms with van der Waals surface area (Å²) in [5, 5.41) is 19.2. The van der Waals surface area contributed by atoms with Crippen molar-refractivity contribution in [3.63, 3.8) is 0 Å². The number of halogens is 2. The Hall–Kier alpha value is -3.77. The quantitative estimate of drug-likeness (QED) is 0.174. The number of hydrogen-bond donors (Lipinski definition) is 0. The van der Waals surface area contributed by atoms with Crippen molar-refractivity contribution in [3.8, 4) is 6.07 Å². The van der Waals surface area contributed by atoms with Crippen molar-refractivity contribution in [2.45, 2.75) is 25.4 Å². The van der Waals surface area contributed by atoms with Crippen LogP contribution < -0.4 is 0 Å². The van der Waals surface area contributed by atoms with Gasteiger partial charge in [0.05, 0.1) is 35.9 Å². The van der Waals surface area contributed by atoms with E-state index in [4.69, 9.17) is 21.8 Å². The van der Waals surface area contributed by atoms with Gasteiger partial charge in [-0.15, -0.1) is 10.2 Å². The summed E-state index contributed by atoms with van der Waals surface area (Å²) >= 11 is 7.86. The van der Waals surface area contributed by atoms with Crippen molar-refractivity contribution < 1.29 is 4.39 Å². The summed E-state index contributed by atoms with van der Waals surface area (Å²) in [5.41, 5.74) is 4.16. The van der Waals surface area contributed by atoms with Gasteiger partial charge in [-0.2, -0.15) is 17.0 Å². The van der Waals surface area contributed by atoms with E-state index in [0.29, 0.717) is 41.5 Å².